The van der Waals surface area contributed by atoms with Gasteiger partial charge < -0.3 is 14.7 Å². The van der Waals surface area contributed by atoms with E-state index in [1.54, 1.807) is 23.4 Å². The van der Waals surface area contributed by atoms with Gasteiger partial charge in [-0.3, -0.25) is 4.98 Å². The summed E-state index contributed by atoms with van der Waals surface area (Å²) >= 11 is 6.12. The Bertz CT molecular complexity index is 600. The number of aliphatic hydroxyl groups is 1. The van der Waals surface area contributed by atoms with Gasteiger partial charge in [0, 0.05) is 41.5 Å². The number of pyridine rings is 1. The molecule has 0 bridgehead atoms. The summed E-state index contributed by atoms with van der Waals surface area (Å²) in [4.78, 5) is 17.8. The van der Waals surface area contributed by atoms with Gasteiger partial charge in [0.05, 0.1) is 6.10 Å². The van der Waals surface area contributed by atoms with E-state index in [4.69, 9.17) is 16.3 Å². The van der Waals surface area contributed by atoms with Gasteiger partial charge in [-0.05, 0) is 45.6 Å². The first-order valence-corrected chi connectivity index (χ1v) is 8.32. The SMILES string of the molecule is CC(C)(C)OC(=O)N1CC2(CC(C(O)c3cnccc3Cl)C2)C1. The van der Waals surface area contributed by atoms with Crippen LogP contribution in [0, 0.1) is 11.3 Å². The molecule has 126 valence electrons. The zero-order chi connectivity index (χ0) is 16.8. The molecule has 1 aromatic rings. The molecule has 1 amide bonds. The highest BCUT2D eigenvalue weighted by Gasteiger charge is 2.56. The van der Waals surface area contributed by atoms with Crippen molar-refractivity contribution >= 4 is 17.7 Å². The third kappa shape index (κ3) is 3.31. The molecule has 3 rings (SSSR count). The molecular formula is C17H23ClN2O3. The van der Waals surface area contributed by atoms with Gasteiger partial charge in [0.1, 0.15) is 5.60 Å². The smallest absolute Gasteiger partial charge is 0.410 e. The number of nitrogens with zero attached hydrogens (tertiary/aromatic N) is 2. The van der Waals surface area contributed by atoms with Crippen LogP contribution in [0.5, 0.6) is 0 Å². The van der Waals surface area contributed by atoms with Crippen molar-refractivity contribution in [3.63, 3.8) is 0 Å². The van der Waals surface area contributed by atoms with Crippen molar-refractivity contribution in [2.45, 2.75) is 45.3 Å². The second-order valence-corrected chi connectivity index (χ2v) is 8.25. The third-order valence-electron chi connectivity index (χ3n) is 4.66. The summed E-state index contributed by atoms with van der Waals surface area (Å²) in [6.45, 7) is 7.04. The van der Waals surface area contributed by atoms with E-state index in [1.807, 2.05) is 20.8 Å². The Kier molecular flexibility index (Phi) is 4.05. The summed E-state index contributed by atoms with van der Waals surface area (Å²) in [6, 6.07) is 1.70. The maximum absolute atomic E-state index is 12.0. The van der Waals surface area contributed by atoms with Crippen LogP contribution in [0.4, 0.5) is 4.79 Å². The molecule has 2 fully saturated rings. The quantitative estimate of drug-likeness (QED) is 0.897. The van der Waals surface area contributed by atoms with Crippen LogP contribution in [0.1, 0.15) is 45.3 Å². The summed E-state index contributed by atoms with van der Waals surface area (Å²) in [5, 5.41) is 11.0. The lowest BCUT2D eigenvalue weighted by atomic mass is 9.56. The molecule has 1 saturated heterocycles. The van der Waals surface area contributed by atoms with Gasteiger partial charge in [-0.15, -0.1) is 0 Å². The first-order valence-electron chi connectivity index (χ1n) is 7.95. The van der Waals surface area contributed by atoms with E-state index in [1.165, 1.54) is 0 Å². The minimum atomic E-state index is -0.586. The van der Waals surface area contributed by atoms with Crippen LogP contribution < -0.4 is 0 Å². The second kappa shape index (κ2) is 5.64. The fourth-order valence-corrected chi connectivity index (χ4v) is 3.83. The van der Waals surface area contributed by atoms with Crippen LogP contribution in [0.25, 0.3) is 0 Å². The van der Waals surface area contributed by atoms with E-state index in [2.05, 4.69) is 4.98 Å². The molecule has 2 aliphatic rings. The fraction of sp³-hybridized carbons (Fsp3) is 0.647. The number of carbonyl (C=O) groups excluding carboxylic acids is 1. The van der Waals surface area contributed by atoms with Gasteiger partial charge in [0.25, 0.3) is 0 Å². The number of aliphatic hydroxyl groups excluding tert-OH is 1. The predicted octanol–water partition coefficient (Wildman–Crippen LogP) is 3.42. The topological polar surface area (TPSA) is 62.7 Å². The number of rotatable bonds is 2. The summed E-state index contributed by atoms with van der Waals surface area (Å²) in [6.07, 6.45) is 4.22. The van der Waals surface area contributed by atoms with Crippen LogP contribution in [0.2, 0.25) is 5.02 Å². The molecule has 5 nitrogen and oxygen atoms in total. The molecule has 1 unspecified atom stereocenters. The van der Waals surface area contributed by atoms with Gasteiger partial charge in [0.15, 0.2) is 0 Å². The van der Waals surface area contributed by atoms with Crippen molar-refractivity contribution in [3.8, 4) is 0 Å². The van der Waals surface area contributed by atoms with Crippen molar-refractivity contribution in [2.75, 3.05) is 13.1 Å². The lowest BCUT2D eigenvalue weighted by Gasteiger charge is -2.59. The Morgan fingerprint density at radius 1 is 1.48 bits per heavy atom. The van der Waals surface area contributed by atoms with Gasteiger partial charge in [-0.1, -0.05) is 11.6 Å². The minimum absolute atomic E-state index is 0.150. The number of hydrogen-bond acceptors (Lipinski definition) is 4. The Labute approximate surface area is 141 Å². The highest BCUT2D eigenvalue weighted by Crippen LogP contribution is 2.56. The molecule has 0 aromatic carbocycles. The van der Waals surface area contributed by atoms with Crippen molar-refractivity contribution < 1.29 is 14.6 Å². The lowest BCUT2D eigenvalue weighted by molar-refractivity contribution is -0.123. The fourth-order valence-electron chi connectivity index (χ4n) is 3.61. The average molecular weight is 339 g/mol. The van der Waals surface area contributed by atoms with Crippen LogP contribution in [0.15, 0.2) is 18.5 Å². The van der Waals surface area contributed by atoms with Crippen LogP contribution in [-0.4, -0.2) is 39.8 Å². The molecular weight excluding hydrogens is 316 g/mol. The summed E-state index contributed by atoms with van der Waals surface area (Å²) in [5.74, 6) is 0.178. The maximum atomic E-state index is 12.0. The molecule has 6 heteroatoms. The Hall–Kier alpha value is -1.33. The average Bonchev–Trinajstić information content (AvgIpc) is 2.33. The zero-order valence-electron chi connectivity index (χ0n) is 13.8. The van der Waals surface area contributed by atoms with E-state index in [9.17, 15) is 9.90 Å². The molecule has 1 saturated carbocycles. The second-order valence-electron chi connectivity index (χ2n) is 7.85. The van der Waals surface area contributed by atoms with Gasteiger partial charge in [0.2, 0.25) is 0 Å². The van der Waals surface area contributed by atoms with Crippen LogP contribution in [-0.2, 0) is 4.74 Å². The number of amides is 1. The number of aromatic nitrogens is 1. The lowest BCUT2D eigenvalue weighted by Crippen LogP contribution is -2.64. The maximum Gasteiger partial charge on any atom is 0.410 e. The molecule has 2 heterocycles. The van der Waals surface area contributed by atoms with E-state index < -0.39 is 11.7 Å². The number of ether oxygens (including phenoxy) is 1. The normalized spacial score (nSPS) is 21.5. The Balaban J connectivity index is 1.51. The monoisotopic (exact) mass is 338 g/mol. The number of likely N-dealkylation sites (tertiary alicyclic amines) is 1. The molecule has 1 aromatic heterocycles. The standard InChI is InChI=1S/C17H23ClN2O3/c1-16(2,3)23-15(22)20-9-17(10-20)6-11(7-17)14(21)12-8-19-5-4-13(12)18/h4-5,8,11,14,21H,6-7,9-10H2,1-3H3. The number of carbonyl (C=O) groups is 1. The van der Waals surface area contributed by atoms with Gasteiger partial charge in [-0.25, -0.2) is 4.79 Å². The summed E-state index contributed by atoms with van der Waals surface area (Å²) in [7, 11) is 0. The molecule has 1 atom stereocenters. The van der Waals surface area contributed by atoms with Gasteiger partial charge >= 0.3 is 6.09 Å². The highest BCUT2D eigenvalue weighted by atomic mass is 35.5. The molecule has 1 aliphatic carbocycles. The molecule has 1 N–H and O–H groups in total. The minimum Gasteiger partial charge on any atom is -0.444 e. The molecule has 0 radical (unpaired) electrons. The number of hydrogen-bond donors (Lipinski definition) is 1. The van der Waals surface area contributed by atoms with E-state index in [-0.39, 0.29) is 17.4 Å². The Morgan fingerprint density at radius 2 is 2.13 bits per heavy atom. The van der Waals surface area contributed by atoms with E-state index in [0.29, 0.717) is 23.7 Å². The van der Waals surface area contributed by atoms with Crippen molar-refractivity contribution in [1.82, 2.24) is 9.88 Å². The molecule has 1 aliphatic heterocycles. The van der Waals surface area contributed by atoms with Crippen LogP contribution >= 0.6 is 11.6 Å². The first-order chi connectivity index (χ1) is 10.7. The van der Waals surface area contributed by atoms with E-state index in [0.717, 1.165) is 12.8 Å². The predicted molar refractivity (Wildman–Crippen MR) is 87.2 cm³/mol. The molecule has 23 heavy (non-hydrogen) atoms. The first kappa shape index (κ1) is 16.5. The van der Waals surface area contributed by atoms with Crippen LogP contribution in [0.3, 0.4) is 0 Å². The molecule has 1 spiro atoms. The van der Waals surface area contributed by atoms with Gasteiger partial charge in [-0.2, -0.15) is 0 Å². The zero-order valence-corrected chi connectivity index (χ0v) is 14.5. The van der Waals surface area contributed by atoms with Crippen molar-refractivity contribution in [1.29, 1.82) is 0 Å². The summed E-state index contributed by atoms with van der Waals surface area (Å²) in [5.41, 5.74) is 0.379. The summed E-state index contributed by atoms with van der Waals surface area (Å²) < 4.78 is 5.37. The van der Waals surface area contributed by atoms with Crippen molar-refractivity contribution in [3.05, 3.63) is 29.0 Å². The largest absolute Gasteiger partial charge is 0.444 e. The Morgan fingerprint density at radius 3 is 2.70 bits per heavy atom. The van der Waals surface area contributed by atoms with E-state index >= 15 is 0 Å². The number of halogens is 1. The van der Waals surface area contributed by atoms with Crippen molar-refractivity contribution in [2.24, 2.45) is 11.3 Å². The highest BCUT2D eigenvalue weighted by molar-refractivity contribution is 6.31. The third-order valence-corrected chi connectivity index (χ3v) is 5.00.